The highest BCUT2D eigenvalue weighted by atomic mass is 19.1. The van der Waals surface area contributed by atoms with Crippen molar-refractivity contribution in [1.82, 2.24) is 0 Å². The highest BCUT2D eigenvalue weighted by Crippen LogP contribution is 2.24. The summed E-state index contributed by atoms with van der Waals surface area (Å²) in [7, 11) is 1.42. The first kappa shape index (κ1) is 13.3. The van der Waals surface area contributed by atoms with Crippen LogP contribution in [0.4, 0.5) is 14.5 Å². The maximum absolute atomic E-state index is 13.6. The Kier molecular flexibility index (Phi) is 4.00. The van der Waals surface area contributed by atoms with Gasteiger partial charge in [-0.15, -0.1) is 0 Å². The summed E-state index contributed by atoms with van der Waals surface area (Å²) in [4.78, 5) is 0. The lowest BCUT2D eigenvalue weighted by Gasteiger charge is -2.16. The maximum Gasteiger partial charge on any atom is 0.165 e. The molecule has 19 heavy (non-hydrogen) atoms. The van der Waals surface area contributed by atoms with Gasteiger partial charge >= 0.3 is 0 Å². The molecule has 0 aliphatic heterocycles. The van der Waals surface area contributed by atoms with Gasteiger partial charge in [-0.05, 0) is 42.8 Å². The SMILES string of the molecule is COc1ccc(C(C)Nc2cccc(F)c2)cc1F. The largest absolute Gasteiger partial charge is 0.494 e. The molecule has 0 heterocycles. The Hall–Kier alpha value is -2.10. The molecule has 4 heteroatoms. The van der Waals surface area contributed by atoms with Gasteiger partial charge in [-0.3, -0.25) is 0 Å². The van der Waals surface area contributed by atoms with Crippen LogP contribution in [-0.4, -0.2) is 7.11 Å². The van der Waals surface area contributed by atoms with E-state index in [2.05, 4.69) is 5.32 Å². The Bertz CT molecular complexity index is 572. The minimum Gasteiger partial charge on any atom is -0.494 e. The third-order valence-electron chi connectivity index (χ3n) is 2.88. The predicted octanol–water partition coefficient (Wildman–Crippen LogP) is 4.15. The second-order valence-corrected chi connectivity index (χ2v) is 4.27. The van der Waals surface area contributed by atoms with Crippen molar-refractivity contribution in [2.45, 2.75) is 13.0 Å². The van der Waals surface area contributed by atoms with E-state index in [9.17, 15) is 8.78 Å². The van der Waals surface area contributed by atoms with E-state index in [0.717, 1.165) is 5.56 Å². The highest BCUT2D eigenvalue weighted by Gasteiger charge is 2.09. The van der Waals surface area contributed by atoms with Crippen LogP contribution in [0.25, 0.3) is 0 Å². The van der Waals surface area contributed by atoms with Crippen molar-refractivity contribution in [3.63, 3.8) is 0 Å². The Morgan fingerprint density at radius 3 is 2.53 bits per heavy atom. The van der Waals surface area contributed by atoms with E-state index in [1.165, 1.54) is 25.3 Å². The zero-order valence-corrected chi connectivity index (χ0v) is 10.8. The average molecular weight is 263 g/mol. The maximum atomic E-state index is 13.6. The number of anilines is 1. The third kappa shape index (κ3) is 3.22. The molecule has 1 atom stereocenters. The van der Waals surface area contributed by atoms with Crippen molar-refractivity contribution in [3.05, 3.63) is 59.7 Å². The van der Waals surface area contributed by atoms with Crippen LogP contribution >= 0.6 is 0 Å². The molecule has 0 radical (unpaired) electrons. The molecule has 100 valence electrons. The Labute approximate surface area is 111 Å². The molecule has 0 amide bonds. The molecule has 1 N–H and O–H groups in total. The molecule has 2 aromatic rings. The lowest BCUT2D eigenvalue weighted by molar-refractivity contribution is 0.386. The molecule has 0 aliphatic rings. The fourth-order valence-corrected chi connectivity index (χ4v) is 1.86. The van der Waals surface area contributed by atoms with Crippen LogP contribution in [0.3, 0.4) is 0 Å². The Morgan fingerprint density at radius 1 is 1.11 bits per heavy atom. The van der Waals surface area contributed by atoms with E-state index < -0.39 is 5.82 Å². The van der Waals surface area contributed by atoms with Crippen molar-refractivity contribution in [1.29, 1.82) is 0 Å². The van der Waals surface area contributed by atoms with Gasteiger partial charge in [0.25, 0.3) is 0 Å². The number of hydrogen-bond acceptors (Lipinski definition) is 2. The molecule has 1 unspecified atom stereocenters. The van der Waals surface area contributed by atoms with Crippen molar-refractivity contribution >= 4 is 5.69 Å². The zero-order chi connectivity index (χ0) is 13.8. The van der Waals surface area contributed by atoms with Gasteiger partial charge in [0.15, 0.2) is 11.6 Å². The summed E-state index contributed by atoms with van der Waals surface area (Å²) in [5.41, 5.74) is 1.42. The monoisotopic (exact) mass is 263 g/mol. The zero-order valence-electron chi connectivity index (χ0n) is 10.8. The van der Waals surface area contributed by atoms with Gasteiger partial charge < -0.3 is 10.1 Å². The van der Waals surface area contributed by atoms with Crippen LogP contribution in [0.5, 0.6) is 5.75 Å². The molecule has 0 spiro atoms. The smallest absolute Gasteiger partial charge is 0.165 e. The average Bonchev–Trinajstić information content (AvgIpc) is 2.38. The number of benzene rings is 2. The van der Waals surface area contributed by atoms with Gasteiger partial charge in [-0.25, -0.2) is 8.78 Å². The number of hydrogen-bond donors (Lipinski definition) is 1. The summed E-state index contributed by atoms with van der Waals surface area (Å²) >= 11 is 0. The minimum absolute atomic E-state index is 0.137. The van der Waals surface area contributed by atoms with E-state index in [1.54, 1.807) is 24.3 Å². The molecule has 0 aromatic heterocycles. The second-order valence-electron chi connectivity index (χ2n) is 4.27. The van der Waals surface area contributed by atoms with Crippen molar-refractivity contribution in [2.75, 3.05) is 12.4 Å². The van der Waals surface area contributed by atoms with E-state index in [4.69, 9.17) is 4.74 Å². The van der Waals surface area contributed by atoms with Crippen LogP contribution in [0, 0.1) is 11.6 Å². The first-order valence-corrected chi connectivity index (χ1v) is 5.95. The first-order valence-electron chi connectivity index (χ1n) is 5.95. The molecule has 0 saturated heterocycles. The van der Waals surface area contributed by atoms with Crippen LogP contribution < -0.4 is 10.1 Å². The molecule has 0 saturated carbocycles. The topological polar surface area (TPSA) is 21.3 Å². The van der Waals surface area contributed by atoms with Gasteiger partial charge in [0.1, 0.15) is 5.82 Å². The summed E-state index contributed by atoms with van der Waals surface area (Å²) in [6.45, 7) is 1.88. The fraction of sp³-hybridized carbons (Fsp3) is 0.200. The second kappa shape index (κ2) is 5.69. The van der Waals surface area contributed by atoms with E-state index in [1.807, 2.05) is 6.92 Å². The number of methoxy groups -OCH3 is 1. The van der Waals surface area contributed by atoms with Gasteiger partial charge in [0.05, 0.1) is 7.11 Å². The molecule has 0 fully saturated rings. The lowest BCUT2D eigenvalue weighted by Crippen LogP contribution is -2.07. The number of nitrogens with one attached hydrogen (secondary N) is 1. The molecular weight excluding hydrogens is 248 g/mol. The minimum atomic E-state index is -0.409. The summed E-state index contributed by atoms with van der Waals surface area (Å²) < 4.78 is 31.5. The Balaban J connectivity index is 2.15. The lowest BCUT2D eigenvalue weighted by atomic mass is 10.1. The van der Waals surface area contributed by atoms with Crippen molar-refractivity contribution in [2.24, 2.45) is 0 Å². The van der Waals surface area contributed by atoms with E-state index in [-0.39, 0.29) is 17.6 Å². The molecule has 0 bridgehead atoms. The van der Waals surface area contributed by atoms with Crippen LogP contribution in [0.15, 0.2) is 42.5 Å². The summed E-state index contributed by atoms with van der Waals surface area (Å²) in [5, 5.41) is 3.12. The quantitative estimate of drug-likeness (QED) is 0.894. The normalized spacial score (nSPS) is 12.0. The summed E-state index contributed by atoms with van der Waals surface area (Å²) in [5.74, 6) is -0.507. The van der Waals surface area contributed by atoms with Gasteiger partial charge in [-0.1, -0.05) is 12.1 Å². The van der Waals surface area contributed by atoms with Crippen molar-refractivity contribution in [3.8, 4) is 5.75 Å². The molecule has 0 aliphatic carbocycles. The number of ether oxygens (including phenoxy) is 1. The molecule has 2 aromatic carbocycles. The third-order valence-corrected chi connectivity index (χ3v) is 2.88. The van der Waals surface area contributed by atoms with Crippen LogP contribution in [-0.2, 0) is 0 Å². The van der Waals surface area contributed by atoms with Gasteiger partial charge in [0, 0.05) is 11.7 Å². The Morgan fingerprint density at radius 2 is 1.89 bits per heavy atom. The fourth-order valence-electron chi connectivity index (χ4n) is 1.86. The number of rotatable bonds is 4. The standard InChI is InChI=1S/C15H15F2NO/c1-10(18-13-5-3-4-12(16)9-13)11-6-7-15(19-2)14(17)8-11/h3-10,18H,1-2H3. The van der Waals surface area contributed by atoms with Gasteiger partial charge in [-0.2, -0.15) is 0 Å². The summed E-state index contributed by atoms with van der Waals surface area (Å²) in [6, 6.07) is 10.8. The molecule has 2 rings (SSSR count). The van der Waals surface area contributed by atoms with Crippen LogP contribution in [0.2, 0.25) is 0 Å². The highest BCUT2D eigenvalue weighted by molar-refractivity contribution is 5.46. The van der Waals surface area contributed by atoms with Crippen molar-refractivity contribution < 1.29 is 13.5 Å². The first-order chi connectivity index (χ1) is 9.10. The molecule has 2 nitrogen and oxygen atoms in total. The van der Waals surface area contributed by atoms with E-state index >= 15 is 0 Å². The molecular formula is C15H15F2NO. The summed E-state index contributed by atoms with van der Waals surface area (Å²) in [6.07, 6.45) is 0. The van der Waals surface area contributed by atoms with Gasteiger partial charge in [0.2, 0.25) is 0 Å². The van der Waals surface area contributed by atoms with E-state index in [0.29, 0.717) is 5.69 Å². The van der Waals surface area contributed by atoms with Crippen LogP contribution in [0.1, 0.15) is 18.5 Å². The number of halogens is 2. The predicted molar refractivity (Wildman–Crippen MR) is 71.4 cm³/mol.